The lowest BCUT2D eigenvalue weighted by atomic mass is 10.1. The second kappa shape index (κ2) is 9.00. The average molecular weight is 416 g/mol. The number of hydrogen-bond donors (Lipinski definition) is 2. The fourth-order valence-corrected chi connectivity index (χ4v) is 3.07. The Morgan fingerprint density at radius 2 is 1.71 bits per heavy atom. The van der Waals surface area contributed by atoms with Crippen molar-refractivity contribution >= 4 is 34.9 Å². The lowest BCUT2D eigenvalue weighted by Crippen LogP contribution is -2.05. The fraction of sp³-hybridized carbons (Fsp3) is 0.136. The van der Waals surface area contributed by atoms with Crippen molar-refractivity contribution in [1.82, 2.24) is 0 Å². The Kier molecular flexibility index (Phi) is 6.45. The maximum Gasteiger partial charge on any atom is 0.335 e. The van der Waals surface area contributed by atoms with E-state index in [4.69, 9.17) is 33.0 Å². The molecule has 0 aliphatic carbocycles. The van der Waals surface area contributed by atoms with Gasteiger partial charge < -0.3 is 15.2 Å². The Labute approximate surface area is 173 Å². The van der Waals surface area contributed by atoms with Crippen molar-refractivity contribution in [3.05, 3.63) is 93.0 Å². The molecular weight excluding hydrogens is 397 g/mol. The molecule has 3 aromatic carbocycles. The van der Waals surface area contributed by atoms with Gasteiger partial charge in [-0.2, -0.15) is 0 Å². The molecule has 144 valence electrons. The second-order valence-electron chi connectivity index (χ2n) is 6.36. The number of anilines is 1. The number of halogens is 2. The Morgan fingerprint density at radius 3 is 2.39 bits per heavy atom. The summed E-state index contributed by atoms with van der Waals surface area (Å²) in [6, 6.07) is 18.0. The highest BCUT2D eigenvalue weighted by molar-refractivity contribution is 6.30. The van der Waals surface area contributed by atoms with Gasteiger partial charge in [0.15, 0.2) is 0 Å². The van der Waals surface area contributed by atoms with Crippen LogP contribution in [0.25, 0.3) is 0 Å². The Balaban J connectivity index is 1.72. The topological polar surface area (TPSA) is 58.6 Å². The van der Waals surface area contributed by atoms with Gasteiger partial charge in [0.2, 0.25) is 0 Å². The van der Waals surface area contributed by atoms with Crippen LogP contribution in [0, 0.1) is 6.92 Å². The Morgan fingerprint density at radius 1 is 1.00 bits per heavy atom. The number of ether oxygens (including phenoxy) is 1. The SMILES string of the molecule is Cc1cc(C(=O)O)ccc1NCc1cc(Cl)ccc1OCc1ccc(Cl)cc1. The van der Waals surface area contributed by atoms with Crippen molar-refractivity contribution in [2.75, 3.05) is 5.32 Å². The van der Waals surface area contributed by atoms with Gasteiger partial charge in [0, 0.05) is 27.8 Å². The third kappa shape index (κ3) is 5.18. The molecular formula is C22H19Cl2NO3. The number of aromatic carboxylic acids is 1. The Bertz CT molecular complexity index is 988. The summed E-state index contributed by atoms with van der Waals surface area (Å²) in [6.45, 7) is 2.77. The number of rotatable bonds is 7. The van der Waals surface area contributed by atoms with Crippen molar-refractivity contribution in [3.63, 3.8) is 0 Å². The summed E-state index contributed by atoms with van der Waals surface area (Å²) in [5.41, 5.74) is 3.89. The van der Waals surface area contributed by atoms with Crippen LogP contribution in [0.4, 0.5) is 5.69 Å². The van der Waals surface area contributed by atoms with Crippen LogP contribution in [-0.2, 0) is 13.2 Å². The zero-order valence-electron chi connectivity index (χ0n) is 15.2. The smallest absolute Gasteiger partial charge is 0.335 e. The van der Waals surface area contributed by atoms with Gasteiger partial charge in [0.1, 0.15) is 12.4 Å². The summed E-state index contributed by atoms with van der Waals surface area (Å²) in [4.78, 5) is 11.1. The molecule has 2 N–H and O–H groups in total. The van der Waals surface area contributed by atoms with Gasteiger partial charge in [-0.05, 0) is 66.6 Å². The number of carboxylic acids is 1. The van der Waals surface area contributed by atoms with E-state index < -0.39 is 5.97 Å². The minimum absolute atomic E-state index is 0.262. The highest BCUT2D eigenvalue weighted by atomic mass is 35.5. The monoisotopic (exact) mass is 415 g/mol. The molecule has 0 unspecified atom stereocenters. The van der Waals surface area contributed by atoms with E-state index in [1.807, 2.05) is 43.3 Å². The summed E-state index contributed by atoms with van der Waals surface area (Å²) < 4.78 is 5.97. The minimum atomic E-state index is -0.942. The number of carboxylic acid groups (broad SMARTS) is 1. The molecule has 0 radical (unpaired) electrons. The molecule has 6 heteroatoms. The van der Waals surface area contributed by atoms with Crippen LogP contribution >= 0.6 is 23.2 Å². The van der Waals surface area contributed by atoms with Crippen LogP contribution < -0.4 is 10.1 Å². The number of aryl methyl sites for hydroxylation is 1. The molecule has 0 fully saturated rings. The number of hydrogen-bond acceptors (Lipinski definition) is 3. The highest BCUT2D eigenvalue weighted by Gasteiger charge is 2.09. The van der Waals surface area contributed by atoms with Crippen LogP contribution in [0.15, 0.2) is 60.7 Å². The number of carbonyl (C=O) groups is 1. The molecule has 0 saturated heterocycles. The number of nitrogens with one attached hydrogen (secondary N) is 1. The lowest BCUT2D eigenvalue weighted by molar-refractivity contribution is 0.0697. The third-order valence-corrected chi connectivity index (χ3v) is 4.76. The van der Waals surface area contributed by atoms with E-state index in [2.05, 4.69) is 5.32 Å². The Hall–Kier alpha value is -2.69. The predicted octanol–water partition coefficient (Wildman–Crippen LogP) is 6.19. The van der Waals surface area contributed by atoms with Crippen LogP contribution in [0.1, 0.15) is 27.0 Å². The molecule has 0 bridgehead atoms. The third-order valence-electron chi connectivity index (χ3n) is 4.27. The summed E-state index contributed by atoms with van der Waals surface area (Å²) in [7, 11) is 0. The minimum Gasteiger partial charge on any atom is -0.489 e. The predicted molar refractivity (Wildman–Crippen MR) is 113 cm³/mol. The van der Waals surface area contributed by atoms with Gasteiger partial charge in [0.05, 0.1) is 5.56 Å². The van der Waals surface area contributed by atoms with Crippen LogP contribution in [0.3, 0.4) is 0 Å². The fourth-order valence-electron chi connectivity index (χ4n) is 2.75. The molecule has 3 aromatic rings. The molecule has 0 aliphatic heterocycles. The summed E-state index contributed by atoms with van der Waals surface area (Å²) in [5, 5.41) is 13.7. The van der Waals surface area contributed by atoms with Gasteiger partial charge in [-0.3, -0.25) is 0 Å². The maximum atomic E-state index is 11.1. The zero-order chi connectivity index (χ0) is 20.1. The highest BCUT2D eigenvalue weighted by Crippen LogP contribution is 2.26. The van der Waals surface area contributed by atoms with Crippen molar-refractivity contribution in [1.29, 1.82) is 0 Å². The van der Waals surface area contributed by atoms with Gasteiger partial charge in [-0.15, -0.1) is 0 Å². The van der Waals surface area contributed by atoms with Gasteiger partial charge >= 0.3 is 5.97 Å². The molecule has 0 atom stereocenters. The van der Waals surface area contributed by atoms with Crippen LogP contribution in [0.5, 0.6) is 5.75 Å². The van der Waals surface area contributed by atoms with Gasteiger partial charge in [-0.25, -0.2) is 4.79 Å². The standard InChI is InChI=1S/C22H19Cl2NO3/c1-14-10-16(22(26)27)4-8-20(14)25-12-17-11-19(24)7-9-21(17)28-13-15-2-5-18(23)6-3-15/h2-11,25H,12-13H2,1H3,(H,26,27). The molecule has 0 spiro atoms. The molecule has 0 amide bonds. The lowest BCUT2D eigenvalue weighted by Gasteiger charge is -2.15. The van der Waals surface area contributed by atoms with E-state index in [-0.39, 0.29) is 5.56 Å². The van der Waals surface area contributed by atoms with E-state index >= 15 is 0 Å². The molecule has 0 heterocycles. The zero-order valence-corrected chi connectivity index (χ0v) is 16.7. The first kappa shape index (κ1) is 20.1. The largest absolute Gasteiger partial charge is 0.489 e. The van der Waals surface area contributed by atoms with Crippen LogP contribution in [-0.4, -0.2) is 11.1 Å². The number of benzene rings is 3. The van der Waals surface area contributed by atoms with E-state index in [1.165, 1.54) is 0 Å². The normalized spacial score (nSPS) is 10.5. The first-order valence-electron chi connectivity index (χ1n) is 8.66. The summed E-state index contributed by atoms with van der Waals surface area (Å²) in [6.07, 6.45) is 0. The van der Waals surface area contributed by atoms with E-state index in [9.17, 15) is 4.79 Å². The van der Waals surface area contributed by atoms with E-state index in [0.29, 0.717) is 23.2 Å². The average Bonchev–Trinajstić information content (AvgIpc) is 2.67. The molecule has 0 saturated carbocycles. The summed E-state index contributed by atoms with van der Waals surface area (Å²) in [5.74, 6) is -0.214. The molecule has 0 aromatic heterocycles. The van der Waals surface area contributed by atoms with E-state index in [1.54, 1.807) is 24.3 Å². The van der Waals surface area contributed by atoms with Gasteiger partial charge in [-0.1, -0.05) is 35.3 Å². The van der Waals surface area contributed by atoms with Crippen molar-refractivity contribution in [2.45, 2.75) is 20.1 Å². The molecule has 3 rings (SSSR count). The molecule has 4 nitrogen and oxygen atoms in total. The van der Waals surface area contributed by atoms with E-state index in [0.717, 1.165) is 28.1 Å². The first-order valence-corrected chi connectivity index (χ1v) is 9.41. The second-order valence-corrected chi connectivity index (χ2v) is 7.23. The van der Waals surface area contributed by atoms with Crippen molar-refractivity contribution in [3.8, 4) is 5.75 Å². The first-order chi connectivity index (χ1) is 13.4. The van der Waals surface area contributed by atoms with Crippen molar-refractivity contribution in [2.24, 2.45) is 0 Å². The quantitative estimate of drug-likeness (QED) is 0.482. The van der Waals surface area contributed by atoms with Crippen LogP contribution in [0.2, 0.25) is 10.0 Å². The van der Waals surface area contributed by atoms with Crippen molar-refractivity contribution < 1.29 is 14.6 Å². The summed E-state index contributed by atoms with van der Waals surface area (Å²) >= 11 is 12.1. The van der Waals surface area contributed by atoms with Gasteiger partial charge in [0.25, 0.3) is 0 Å². The molecule has 28 heavy (non-hydrogen) atoms. The molecule has 0 aliphatic rings. The maximum absolute atomic E-state index is 11.1.